The zero-order valence-electron chi connectivity index (χ0n) is 14.4. The molecule has 0 spiro atoms. The first kappa shape index (κ1) is 18.6. The van der Waals surface area contributed by atoms with Crippen LogP contribution < -0.4 is 5.32 Å². The molecule has 0 saturated heterocycles. The molecule has 6 heteroatoms. The number of hydrogen-bond acceptors (Lipinski definition) is 5. The minimum Gasteiger partial charge on any atom is -0.389 e. The van der Waals surface area contributed by atoms with Gasteiger partial charge in [-0.3, -0.25) is 9.69 Å². The lowest BCUT2D eigenvalue weighted by molar-refractivity contribution is -0.123. The maximum atomic E-state index is 12.5. The Morgan fingerprint density at radius 3 is 2.62 bits per heavy atom. The lowest BCUT2D eigenvalue weighted by Gasteiger charge is -2.28. The van der Waals surface area contributed by atoms with E-state index in [2.05, 4.69) is 10.3 Å². The highest BCUT2D eigenvalue weighted by atomic mass is 32.1. The van der Waals surface area contributed by atoms with Crippen molar-refractivity contribution in [2.24, 2.45) is 0 Å². The minimum atomic E-state index is -0.829. The van der Waals surface area contributed by atoms with Crippen LogP contribution in [-0.2, 0) is 4.79 Å². The zero-order valence-corrected chi connectivity index (χ0v) is 15.2. The van der Waals surface area contributed by atoms with Crippen molar-refractivity contribution in [3.05, 3.63) is 52.5 Å². The van der Waals surface area contributed by atoms with E-state index in [0.717, 1.165) is 10.6 Å². The maximum absolute atomic E-state index is 12.5. The summed E-state index contributed by atoms with van der Waals surface area (Å²) in [6, 6.07) is 9.58. The van der Waals surface area contributed by atoms with Gasteiger partial charge in [-0.2, -0.15) is 0 Å². The maximum Gasteiger partial charge on any atom is 0.235 e. The molecule has 0 bridgehead atoms. The Kier molecular flexibility index (Phi) is 6.48. The number of likely N-dealkylation sites (N-methyl/N-ethyl adjacent to an activating group) is 1. The van der Waals surface area contributed by atoms with Gasteiger partial charge in [0, 0.05) is 18.1 Å². The normalized spacial score (nSPS) is 13.0. The van der Waals surface area contributed by atoms with Crippen molar-refractivity contribution in [1.82, 2.24) is 15.2 Å². The van der Waals surface area contributed by atoms with Gasteiger partial charge >= 0.3 is 0 Å². The monoisotopic (exact) mass is 347 g/mol. The van der Waals surface area contributed by atoms with Gasteiger partial charge in [-0.1, -0.05) is 37.3 Å². The van der Waals surface area contributed by atoms with Crippen molar-refractivity contribution in [3.8, 4) is 0 Å². The van der Waals surface area contributed by atoms with E-state index < -0.39 is 5.60 Å². The van der Waals surface area contributed by atoms with Crippen LogP contribution in [0.15, 0.2) is 41.9 Å². The summed E-state index contributed by atoms with van der Waals surface area (Å²) in [5.74, 6) is -0.0786. The van der Waals surface area contributed by atoms with E-state index in [0.29, 0.717) is 13.1 Å². The van der Waals surface area contributed by atoms with E-state index in [-0.39, 0.29) is 18.5 Å². The third kappa shape index (κ3) is 5.70. The predicted molar refractivity (Wildman–Crippen MR) is 97.0 cm³/mol. The average Bonchev–Trinajstić information content (AvgIpc) is 3.05. The number of nitrogens with zero attached hydrogens (tertiary/aromatic N) is 2. The molecule has 0 aliphatic carbocycles. The Balaban J connectivity index is 2.08. The number of carbonyl (C=O) groups excluding carboxylic acids is 1. The van der Waals surface area contributed by atoms with Crippen molar-refractivity contribution in [3.63, 3.8) is 0 Å². The highest BCUT2D eigenvalue weighted by Crippen LogP contribution is 2.23. The number of aliphatic hydroxyl groups is 1. The fraction of sp³-hybridized carbons (Fsp3) is 0.444. The van der Waals surface area contributed by atoms with Gasteiger partial charge in [0.1, 0.15) is 11.0 Å². The summed E-state index contributed by atoms with van der Waals surface area (Å²) in [7, 11) is 0. The molecule has 0 fully saturated rings. The number of aromatic nitrogens is 1. The van der Waals surface area contributed by atoms with Gasteiger partial charge in [-0.25, -0.2) is 4.98 Å². The molecule has 24 heavy (non-hydrogen) atoms. The Morgan fingerprint density at radius 2 is 2.08 bits per heavy atom. The number of carbonyl (C=O) groups is 1. The molecular weight excluding hydrogens is 322 g/mol. The molecule has 2 aromatic rings. The molecule has 5 nitrogen and oxygen atoms in total. The number of nitrogens with one attached hydrogen (secondary N) is 1. The van der Waals surface area contributed by atoms with Crippen molar-refractivity contribution >= 4 is 17.2 Å². The Morgan fingerprint density at radius 1 is 1.38 bits per heavy atom. The van der Waals surface area contributed by atoms with E-state index in [1.165, 1.54) is 11.3 Å². The molecule has 1 unspecified atom stereocenters. The Bertz CT molecular complexity index is 623. The van der Waals surface area contributed by atoms with Gasteiger partial charge in [0.05, 0.1) is 12.1 Å². The minimum absolute atomic E-state index is 0.0786. The molecule has 1 aromatic heterocycles. The van der Waals surface area contributed by atoms with Crippen LogP contribution in [0.2, 0.25) is 0 Å². The largest absolute Gasteiger partial charge is 0.389 e. The van der Waals surface area contributed by atoms with Crippen LogP contribution in [0, 0.1) is 0 Å². The van der Waals surface area contributed by atoms with Gasteiger partial charge < -0.3 is 10.4 Å². The molecule has 2 rings (SSSR count). The second kappa shape index (κ2) is 8.37. The highest BCUT2D eigenvalue weighted by molar-refractivity contribution is 7.09. The van der Waals surface area contributed by atoms with Gasteiger partial charge in [0.25, 0.3) is 0 Å². The molecule has 1 atom stereocenters. The van der Waals surface area contributed by atoms with Crippen LogP contribution in [0.3, 0.4) is 0 Å². The second-order valence-corrected chi connectivity index (χ2v) is 7.32. The standard InChI is InChI=1S/C18H25N3O2S/c1-4-21(13-18(2,3)23)12-15(22)20-16(17-19-10-11-24-17)14-8-6-5-7-9-14/h5-11,16,23H,4,12-13H2,1-3H3,(H,20,22). The summed E-state index contributed by atoms with van der Waals surface area (Å²) >= 11 is 1.52. The number of thiazole rings is 1. The molecule has 0 aliphatic heterocycles. The first-order valence-electron chi connectivity index (χ1n) is 8.07. The molecule has 1 heterocycles. The smallest absolute Gasteiger partial charge is 0.235 e. The van der Waals surface area contributed by atoms with E-state index in [4.69, 9.17) is 0 Å². The SMILES string of the molecule is CCN(CC(=O)NC(c1ccccc1)c1nccs1)CC(C)(C)O. The average molecular weight is 347 g/mol. The fourth-order valence-corrected chi connectivity index (χ4v) is 3.26. The third-order valence-corrected chi connectivity index (χ3v) is 4.40. The number of hydrogen-bond donors (Lipinski definition) is 2. The summed E-state index contributed by atoms with van der Waals surface area (Å²) < 4.78 is 0. The van der Waals surface area contributed by atoms with Gasteiger partial charge in [0.2, 0.25) is 5.91 Å². The lowest BCUT2D eigenvalue weighted by atomic mass is 10.1. The van der Waals surface area contributed by atoms with Gasteiger partial charge in [-0.15, -0.1) is 11.3 Å². The van der Waals surface area contributed by atoms with Gasteiger partial charge in [-0.05, 0) is 26.0 Å². The summed E-state index contributed by atoms with van der Waals surface area (Å²) in [4.78, 5) is 18.8. The molecular formula is C18H25N3O2S. The second-order valence-electron chi connectivity index (χ2n) is 6.40. The predicted octanol–water partition coefficient (Wildman–Crippen LogP) is 2.44. The molecule has 0 aliphatic rings. The van der Waals surface area contributed by atoms with E-state index in [9.17, 15) is 9.90 Å². The quantitative estimate of drug-likeness (QED) is 0.770. The molecule has 0 saturated carbocycles. The van der Waals surface area contributed by atoms with E-state index in [1.54, 1.807) is 20.0 Å². The van der Waals surface area contributed by atoms with Crippen LogP contribution in [0.1, 0.15) is 37.4 Å². The van der Waals surface area contributed by atoms with Crippen LogP contribution in [0.5, 0.6) is 0 Å². The zero-order chi connectivity index (χ0) is 17.6. The van der Waals surface area contributed by atoms with Crippen molar-refractivity contribution in [1.29, 1.82) is 0 Å². The first-order valence-corrected chi connectivity index (χ1v) is 8.95. The van der Waals surface area contributed by atoms with Crippen LogP contribution >= 0.6 is 11.3 Å². The Labute approximate surface area is 147 Å². The van der Waals surface area contributed by atoms with Crippen molar-refractivity contribution < 1.29 is 9.90 Å². The summed E-state index contributed by atoms with van der Waals surface area (Å²) in [5.41, 5.74) is 0.177. The van der Waals surface area contributed by atoms with Crippen LogP contribution in [0.25, 0.3) is 0 Å². The third-order valence-electron chi connectivity index (χ3n) is 3.56. The topological polar surface area (TPSA) is 65.5 Å². The number of benzene rings is 1. The summed E-state index contributed by atoms with van der Waals surface area (Å²) in [6.07, 6.45) is 1.74. The first-order chi connectivity index (χ1) is 11.4. The molecule has 1 amide bonds. The summed E-state index contributed by atoms with van der Waals surface area (Å²) in [6.45, 7) is 6.87. The summed E-state index contributed by atoms with van der Waals surface area (Å²) in [5, 5.41) is 15.8. The number of rotatable bonds is 8. The van der Waals surface area contributed by atoms with Crippen molar-refractivity contribution in [2.75, 3.05) is 19.6 Å². The van der Waals surface area contributed by atoms with Crippen LogP contribution in [-0.4, -0.2) is 46.1 Å². The fourth-order valence-electron chi connectivity index (χ4n) is 2.55. The van der Waals surface area contributed by atoms with Gasteiger partial charge in [0.15, 0.2) is 0 Å². The van der Waals surface area contributed by atoms with E-state index in [1.807, 2.05) is 47.5 Å². The van der Waals surface area contributed by atoms with Crippen LogP contribution in [0.4, 0.5) is 0 Å². The molecule has 1 aromatic carbocycles. The molecule has 2 N–H and O–H groups in total. The Hall–Kier alpha value is -1.76. The molecule has 130 valence electrons. The molecule has 0 radical (unpaired) electrons. The van der Waals surface area contributed by atoms with E-state index >= 15 is 0 Å². The highest BCUT2D eigenvalue weighted by Gasteiger charge is 2.22. The lowest BCUT2D eigenvalue weighted by Crippen LogP contribution is -2.44. The van der Waals surface area contributed by atoms with Crippen molar-refractivity contribution in [2.45, 2.75) is 32.4 Å². The number of amides is 1.